The zero-order valence-electron chi connectivity index (χ0n) is 10.6. The van der Waals surface area contributed by atoms with Gasteiger partial charge >= 0.3 is 0 Å². The van der Waals surface area contributed by atoms with Crippen LogP contribution in [-0.4, -0.2) is 25.0 Å². The lowest BCUT2D eigenvalue weighted by Crippen LogP contribution is -2.33. The second-order valence-electron chi connectivity index (χ2n) is 5.08. The summed E-state index contributed by atoms with van der Waals surface area (Å²) in [6.07, 6.45) is 3.66. The number of rotatable bonds is 2. The van der Waals surface area contributed by atoms with E-state index in [9.17, 15) is 0 Å². The largest absolute Gasteiger partial charge is 0.306 e. The predicted octanol–water partition coefficient (Wildman–Crippen LogP) is 3.14. The number of aryl methyl sites for hydroxylation is 1. The molecule has 0 heterocycles. The highest BCUT2D eigenvalue weighted by atomic mass is 15.1. The second kappa shape index (κ2) is 4.42. The lowest BCUT2D eigenvalue weighted by atomic mass is 9.83. The van der Waals surface area contributed by atoms with Crippen molar-refractivity contribution < 1.29 is 0 Å². The molecule has 1 aliphatic rings. The Balaban J connectivity index is 2.38. The highest BCUT2D eigenvalue weighted by Gasteiger charge is 2.22. The molecule has 0 saturated heterocycles. The average Bonchev–Trinajstić information content (AvgIpc) is 2.27. The molecule has 1 aliphatic carbocycles. The Morgan fingerprint density at radius 1 is 1.38 bits per heavy atom. The van der Waals surface area contributed by atoms with Crippen LogP contribution >= 0.6 is 0 Å². The molecule has 1 atom stereocenters. The Morgan fingerprint density at radius 2 is 2.12 bits per heavy atom. The number of likely N-dealkylation sites (N-methyl/N-ethyl adjacent to an activating group) is 1. The molecule has 86 valence electrons. The highest BCUT2D eigenvalue weighted by molar-refractivity contribution is 5.66. The van der Waals surface area contributed by atoms with Gasteiger partial charge in [0.25, 0.3) is 0 Å². The summed E-state index contributed by atoms with van der Waals surface area (Å²) in [6, 6.07) is 7.33. The first-order valence-electron chi connectivity index (χ1n) is 6.02. The number of allylic oxidation sites excluding steroid dienone is 1. The number of fused-ring (bicyclic) bond motifs is 1. The predicted molar refractivity (Wildman–Crippen MR) is 70.7 cm³/mol. The smallest absolute Gasteiger partial charge is 0.0133 e. The number of nitrogens with zero attached hydrogens (tertiary/aromatic N) is 1. The van der Waals surface area contributed by atoms with Crippen molar-refractivity contribution in [3.8, 4) is 0 Å². The molecule has 0 saturated carbocycles. The summed E-state index contributed by atoms with van der Waals surface area (Å²) in [6.45, 7) is 6.20. The van der Waals surface area contributed by atoms with Crippen LogP contribution in [-0.2, 0) is 12.8 Å². The van der Waals surface area contributed by atoms with E-state index in [-0.39, 0.29) is 0 Å². The van der Waals surface area contributed by atoms with Crippen LogP contribution in [0.3, 0.4) is 0 Å². The lowest BCUT2D eigenvalue weighted by molar-refractivity contribution is 0.268. The number of hydrogen-bond acceptors (Lipinski definition) is 1. The summed E-state index contributed by atoms with van der Waals surface area (Å²) < 4.78 is 0. The standard InChI is InChI=1S/C15H21N/c1-11(2)14-7-5-6-12-8-9-13(16(3)4)10-15(12)14/h5-7,13H,1,8-10H2,2-4H3. The Morgan fingerprint density at radius 3 is 2.75 bits per heavy atom. The molecule has 0 amide bonds. The van der Waals surface area contributed by atoms with Gasteiger partial charge in [-0.1, -0.05) is 30.4 Å². The summed E-state index contributed by atoms with van der Waals surface area (Å²) in [5.74, 6) is 0. The normalized spacial score (nSPS) is 19.6. The lowest BCUT2D eigenvalue weighted by Gasteiger charge is -2.31. The first-order chi connectivity index (χ1) is 7.59. The first kappa shape index (κ1) is 11.4. The molecule has 0 spiro atoms. The quantitative estimate of drug-likeness (QED) is 0.732. The van der Waals surface area contributed by atoms with E-state index in [1.54, 1.807) is 0 Å². The zero-order valence-corrected chi connectivity index (χ0v) is 10.6. The Hall–Kier alpha value is -1.08. The van der Waals surface area contributed by atoms with E-state index >= 15 is 0 Å². The third kappa shape index (κ3) is 2.05. The van der Waals surface area contributed by atoms with Gasteiger partial charge in [0.05, 0.1) is 0 Å². The molecule has 2 rings (SSSR count). The van der Waals surface area contributed by atoms with E-state index in [0.717, 1.165) is 0 Å². The van der Waals surface area contributed by atoms with Crippen LogP contribution in [0.4, 0.5) is 0 Å². The Kier molecular flexibility index (Phi) is 3.15. The maximum atomic E-state index is 4.09. The second-order valence-corrected chi connectivity index (χ2v) is 5.08. The average molecular weight is 215 g/mol. The molecule has 0 aliphatic heterocycles. The van der Waals surface area contributed by atoms with Gasteiger partial charge in [-0.25, -0.2) is 0 Å². The van der Waals surface area contributed by atoms with Crippen molar-refractivity contribution in [3.63, 3.8) is 0 Å². The monoisotopic (exact) mass is 215 g/mol. The summed E-state index contributed by atoms with van der Waals surface area (Å²) >= 11 is 0. The summed E-state index contributed by atoms with van der Waals surface area (Å²) in [4.78, 5) is 2.35. The first-order valence-corrected chi connectivity index (χ1v) is 6.02. The third-order valence-corrected chi connectivity index (χ3v) is 3.65. The van der Waals surface area contributed by atoms with Gasteiger partial charge in [0.15, 0.2) is 0 Å². The molecular weight excluding hydrogens is 194 g/mol. The molecule has 16 heavy (non-hydrogen) atoms. The van der Waals surface area contributed by atoms with Crippen molar-refractivity contribution in [1.29, 1.82) is 0 Å². The minimum atomic E-state index is 0.688. The van der Waals surface area contributed by atoms with Gasteiger partial charge in [0, 0.05) is 6.04 Å². The molecular formula is C15H21N. The van der Waals surface area contributed by atoms with Gasteiger partial charge in [0.1, 0.15) is 0 Å². The minimum Gasteiger partial charge on any atom is -0.306 e. The molecule has 0 fully saturated rings. The van der Waals surface area contributed by atoms with Gasteiger partial charge in [-0.3, -0.25) is 0 Å². The van der Waals surface area contributed by atoms with Gasteiger partial charge in [0.2, 0.25) is 0 Å². The summed E-state index contributed by atoms with van der Waals surface area (Å²) in [7, 11) is 4.36. The van der Waals surface area contributed by atoms with Crippen molar-refractivity contribution in [1.82, 2.24) is 4.90 Å². The van der Waals surface area contributed by atoms with Crippen LogP contribution in [0.2, 0.25) is 0 Å². The van der Waals surface area contributed by atoms with Crippen molar-refractivity contribution in [2.75, 3.05) is 14.1 Å². The summed E-state index contributed by atoms with van der Waals surface area (Å²) in [5, 5.41) is 0. The van der Waals surface area contributed by atoms with E-state index in [4.69, 9.17) is 0 Å². The summed E-state index contributed by atoms with van der Waals surface area (Å²) in [5.41, 5.74) is 5.61. The van der Waals surface area contributed by atoms with E-state index < -0.39 is 0 Å². The van der Waals surface area contributed by atoms with Crippen molar-refractivity contribution in [2.45, 2.75) is 32.2 Å². The van der Waals surface area contributed by atoms with E-state index in [1.807, 2.05) is 0 Å². The molecule has 0 radical (unpaired) electrons. The Bertz CT molecular complexity index is 404. The number of hydrogen-bond donors (Lipinski definition) is 0. The molecule has 0 aromatic heterocycles. The van der Waals surface area contributed by atoms with Crippen molar-refractivity contribution in [2.24, 2.45) is 0 Å². The van der Waals surface area contributed by atoms with E-state index in [0.29, 0.717) is 6.04 Å². The minimum absolute atomic E-state index is 0.688. The zero-order chi connectivity index (χ0) is 11.7. The van der Waals surface area contributed by atoms with E-state index in [2.05, 4.69) is 50.7 Å². The molecule has 0 N–H and O–H groups in total. The van der Waals surface area contributed by atoms with Crippen molar-refractivity contribution >= 4 is 5.57 Å². The molecule has 1 unspecified atom stereocenters. The van der Waals surface area contributed by atoms with Gasteiger partial charge in [-0.2, -0.15) is 0 Å². The molecule has 1 nitrogen and oxygen atoms in total. The topological polar surface area (TPSA) is 3.24 Å². The maximum Gasteiger partial charge on any atom is 0.0133 e. The van der Waals surface area contributed by atoms with Crippen LogP contribution in [0.1, 0.15) is 30.0 Å². The maximum absolute atomic E-state index is 4.09. The van der Waals surface area contributed by atoms with Gasteiger partial charge < -0.3 is 4.90 Å². The molecule has 0 bridgehead atoms. The fourth-order valence-electron chi connectivity index (χ4n) is 2.61. The molecule has 1 aromatic rings. The fourth-order valence-corrected chi connectivity index (χ4v) is 2.61. The number of benzene rings is 1. The molecule has 1 aromatic carbocycles. The van der Waals surface area contributed by atoms with Gasteiger partial charge in [-0.15, -0.1) is 0 Å². The van der Waals surface area contributed by atoms with Crippen LogP contribution in [0.15, 0.2) is 24.8 Å². The van der Waals surface area contributed by atoms with Gasteiger partial charge in [-0.05, 0) is 57.0 Å². The van der Waals surface area contributed by atoms with Crippen LogP contribution in [0.5, 0.6) is 0 Å². The van der Waals surface area contributed by atoms with Crippen molar-refractivity contribution in [3.05, 3.63) is 41.5 Å². The Labute approximate surface area is 98.8 Å². The SMILES string of the molecule is C=C(C)c1cccc2c1CC(N(C)C)CC2. The van der Waals surface area contributed by atoms with Crippen LogP contribution in [0, 0.1) is 0 Å². The third-order valence-electron chi connectivity index (χ3n) is 3.65. The fraction of sp³-hybridized carbons (Fsp3) is 0.467. The van der Waals surface area contributed by atoms with Crippen LogP contribution in [0.25, 0.3) is 5.57 Å². The van der Waals surface area contributed by atoms with E-state index in [1.165, 1.54) is 41.5 Å². The van der Waals surface area contributed by atoms with Crippen LogP contribution < -0.4 is 0 Å². The highest BCUT2D eigenvalue weighted by Crippen LogP contribution is 2.29. The molecule has 1 heteroatoms.